The summed E-state index contributed by atoms with van der Waals surface area (Å²) in [5.41, 5.74) is 1.84. The summed E-state index contributed by atoms with van der Waals surface area (Å²) >= 11 is 4.80. The third kappa shape index (κ3) is 5.61. The van der Waals surface area contributed by atoms with Crippen molar-refractivity contribution in [2.75, 3.05) is 5.32 Å². The summed E-state index contributed by atoms with van der Waals surface area (Å²) in [6.45, 7) is 4.30. The number of carbonyl (C=O) groups is 1. The van der Waals surface area contributed by atoms with Gasteiger partial charge in [0.1, 0.15) is 12.4 Å². The Bertz CT molecular complexity index is 975. The van der Waals surface area contributed by atoms with E-state index in [-0.39, 0.29) is 11.2 Å². The Hall–Kier alpha value is -2.32. The van der Waals surface area contributed by atoms with Gasteiger partial charge in [-0.3, -0.25) is 4.79 Å². The van der Waals surface area contributed by atoms with Gasteiger partial charge < -0.3 is 14.6 Å². The molecule has 1 atom stereocenters. The Balaban J connectivity index is 1.63. The van der Waals surface area contributed by atoms with E-state index in [9.17, 15) is 4.79 Å². The number of aromatic nitrogens is 3. The van der Waals surface area contributed by atoms with E-state index in [1.807, 2.05) is 74.0 Å². The summed E-state index contributed by atoms with van der Waals surface area (Å²) < 4.78 is 8.71. The number of hydrogen-bond acceptors (Lipinski definition) is 5. The van der Waals surface area contributed by atoms with Gasteiger partial charge in [0.15, 0.2) is 11.0 Å². The lowest BCUT2D eigenvalue weighted by Crippen LogP contribution is -2.25. The molecule has 0 aliphatic heterocycles. The minimum absolute atomic E-state index is 0.0551. The molecule has 1 aromatic heterocycles. The van der Waals surface area contributed by atoms with Gasteiger partial charge in [-0.2, -0.15) is 0 Å². The zero-order valence-corrected chi connectivity index (χ0v) is 19.0. The molecular weight excluding hydrogens is 452 g/mol. The number of ether oxygens (including phenoxy) is 1. The Morgan fingerprint density at radius 1 is 1.21 bits per heavy atom. The molecule has 0 aliphatic carbocycles. The first-order chi connectivity index (χ1) is 14.0. The fourth-order valence-corrected chi connectivity index (χ4v) is 3.84. The molecular formula is C21H23BrN4O2S. The van der Waals surface area contributed by atoms with Crippen LogP contribution in [-0.4, -0.2) is 25.9 Å². The van der Waals surface area contributed by atoms with Crippen molar-refractivity contribution >= 4 is 39.3 Å². The molecule has 1 amide bonds. The van der Waals surface area contributed by atoms with Gasteiger partial charge in [0, 0.05) is 17.2 Å². The number of thioether (sulfide) groups is 1. The zero-order valence-electron chi connectivity index (χ0n) is 16.6. The Labute approximate surface area is 183 Å². The Morgan fingerprint density at radius 2 is 1.93 bits per heavy atom. The number of halogens is 1. The van der Waals surface area contributed by atoms with E-state index in [0.717, 1.165) is 21.5 Å². The molecule has 2 aromatic carbocycles. The number of benzene rings is 2. The lowest BCUT2D eigenvalue weighted by molar-refractivity contribution is -0.115. The van der Waals surface area contributed by atoms with E-state index in [0.29, 0.717) is 24.0 Å². The molecule has 0 bridgehead atoms. The molecule has 3 rings (SSSR count). The minimum atomic E-state index is -0.272. The molecule has 3 aromatic rings. The summed E-state index contributed by atoms with van der Waals surface area (Å²) in [6, 6.07) is 15.4. The summed E-state index contributed by atoms with van der Waals surface area (Å²) in [5.74, 6) is 1.48. The fourth-order valence-electron chi connectivity index (χ4n) is 2.64. The molecule has 0 fully saturated rings. The standard InChI is InChI=1S/C21H23BrN4O2S/c1-4-18(20(27)23-16-11-9-15(22)10-12-16)29-21-25-24-19(26(21)3)13-28-17-8-6-5-7-14(17)2/h5-12,18H,4,13H2,1-3H3,(H,23,27)/t18-/m0/s1. The molecule has 1 heterocycles. The molecule has 0 aliphatic rings. The molecule has 8 heteroatoms. The maximum Gasteiger partial charge on any atom is 0.237 e. The maximum atomic E-state index is 12.7. The van der Waals surface area contributed by atoms with Crippen molar-refractivity contribution in [3.05, 3.63) is 64.4 Å². The van der Waals surface area contributed by atoms with Crippen LogP contribution in [0, 0.1) is 6.92 Å². The quantitative estimate of drug-likeness (QED) is 0.466. The first-order valence-corrected chi connectivity index (χ1v) is 10.9. The number of aryl methyl sites for hydroxylation is 1. The minimum Gasteiger partial charge on any atom is -0.485 e. The van der Waals surface area contributed by atoms with Gasteiger partial charge >= 0.3 is 0 Å². The van der Waals surface area contributed by atoms with Crippen LogP contribution in [0.3, 0.4) is 0 Å². The van der Waals surface area contributed by atoms with Gasteiger partial charge in [-0.25, -0.2) is 0 Å². The van der Waals surface area contributed by atoms with Crippen molar-refractivity contribution in [1.82, 2.24) is 14.8 Å². The van der Waals surface area contributed by atoms with E-state index >= 15 is 0 Å². The van der Waals surface area contributed by atoms with Crippen molar-refractivity contribution in [2.45, 2.75) is 37.3 Å². The van der Waals surface area contributed by atoms with Gasteiger partial charge in [-0.05, 0) is 49.2 Å². The zero-order chi connectivity index (χ0) is 20.8. The predicted octanol–water partition coefficient (Wildman–Crippen LogP) is 4.97. The molecule has 0 spiro atoms. The Morgan fingerprint density at radius 3 is 2.62 bits per heavy atom. The third-order valence-electron chi connectivity index (χ3n) is 4.40. The fraction of sp³-hybridized carbons (Fsp3) is 0.286. The monoisotopic (exact) mass is 474 g/mol. The highest BCUT2D eigenvalue weighted by Crippen LogP contribution is 2.26. The van der Waals surface area contributed by atoms with Crippen molar-refractivity contribution in [1.29, 1.82) is 0 Å². The largest absolute Gasteiger partial charge is 0.485 e. The number of hydrogen-bond donors (Lipinski definition) is 1. The second kappa shape index (κ2) is 9.93. The van der Waals surface area contributed by atoms with Gasteiger partial charge in [0.05, 0.1) is 5.25 Å². The van der Waals surface area contributed by atoms with Crippen LogP contribution in [-0.2, 0) is 18.4 Å². The van der Waals surface area contributed by atoms with Crippen LogP contribution < -0.4 is 10.1 Å². The highest BCUT2D eigenvalue weighted by Gasteiger charge is 2.22. The van der Waals surface area contributed by atoms with Crippen LogP contribution in [0.5, 0.6) is 5.75 Å². The first-order valence-electron chi connectivity index (χ1n) is 9.27. The van der Waals surface area contributed by atoms with E-state index in [1.165, 1.54) is 11.8 Å². The number of rotatable bonds is 8. The number of carbonyl (C=O) groups excluding carboxylic acids is 1. The van der Waals surface area contributed by atoms with Crippen LogP contribution in [0.2, 0.25) is 0 Å². The molecule has 6 nitrogen and oxygen atoms in total. The smallest absolute Gasteiger partial charge is 0.237 e. The SMILES string of the molecule is CC[C@H](Sc1nnc(COc2ccccc2C)n1C)C(=O)Nc1ccc(Br)cc1. The van der Waals surface area contributed by atoms with Gasteiger partial charge in [0.25, 0.3) is 0 Å². The molecule has 0 saturated heterocycles. The second-order valence-corrected chi connectivity index (χ2v) is 8.61. The highest BCUT2D eigenvalue weighted by molar-refractivity contribution is 9.10. The van der Waals surface area contributed by atoms with Crippen LogP contribution in [0.1, 0.15) is 24.7 Å². The summed E-state index contributed by atoms with van der Waals surface area (Å²) in [5, 5.41) is 11.9. The van der Waals surface area contributed by atoms with E-state index in [4.69, 9.17) is 4.74 Å². The van der Waals surface area contributed by atoms with Crippen molar-refractivity contribution < 1.29 is 9.53 Å². The summed E-state index contributed by atoms with van der Waals surface area (Å²) in [4.78, 5) is 12.7. The predicted molar refractivity (Wildman–Crippen MR) is 119 cm³/mol. The van der Waals surface area contributed by atoms with Crippen molar-refractivity contribution in [3.8, 4) is 5.75 Å². The summed E-state index contributed by atoms with van der Waals surface area (Å²) in [7, 11) is 1.89. The van der Waals surface area contributed by atoms with E-state index in [2.05, 4.69) is 31.4 Å². The van der Waals surface area contributed by atoms with Gasteiger partial charge in [-0.1, -0.05) is 52.8 Å². The number of anilines is 1. The average Bonchev–Trinajstić information content (AvgIpc) is 3.06. The van der Waals surface area contributed by atoms with Crippen LogP contribution in [0.15, 0.2) is 58.2 Å². The van der Waals surface area contributed by atoms with Gasteiger partial charge in [0.2, 0.25) is 5.91 Å². The Kier molecular flexibility index (Phi) is 7.33. The topological polar surface area (TPSA) is 69.0 Å². The van der Waals surface area contributed by atoms with Crippen molar-refractivity contribution in [3.63, 3.8) is 0 Å². The van der Waals surface area contributed by atoms with Crippen LogP contribution in [0.25, 0.3) is 0 Å². The molecule has 0 unspecified atom stereocenters. The van der Waals surface area contributed by atoms with E-state index in [1.54, 1.807) is 0 Å². The van der Waals surface area contributed by atoms with Gasteiger partial charge in [-0.15, -0.1) is 10.2 Å². The molecule has 0 radical (unpaired) electrons. The molecule has 0 saturated carbocycles. The second-order valence-electron chi connectivity index (χ2n) is 6.52. The lowest BCUT2D eigenvalue weighted by Gasteiger charge is -2.14. The van der Waals surface area contributed by atoms with Crippen LogP contribution in [0.4, 0.5) is 5.69 Å². The highest BCUT2D eigenvalue weighted by atomic mass is 79.9. The normalized spacial score (nSPS) is 11.9. The third-order valence-corrected chi connectivity index (χ3v) is 6.33. The number of nitrogens with one attached hydrogen (secondary N) is 1. The lowest BCUT2D eigenvalue weighted by atomic mass is 10.2. The molecule has 29 heavy (non-hydrogen) atoms. The average molecular weight is 475 g/mol. The van der Waals surface area contributed by atoms with Crippen molar-refractivity contribution in [2.24, 2.45) is 7.05 Å². The maximum absolute atomic E-state index is 12.7. The molecule has 152 valence electrons. The molecule has 1 N–H and O–H groups in total. The number of para-hydroxylation sites is 1. The van der Waals surface area contributed by atoms with Crippen LogP contribution >= 0.6 is 27.7 Å². The number of nitrogens with zero attached hydrogens (tertiary/aromatic N) is 3. The number of amides is 1. The van der Waals surface area contributed by atoms with E-state index < -0.39 is 0 Å². The summed E-state index contributed by atoms with van der Waals surface area (Å²) in [6.07, 6.45) is 0.676. The first kappa shape index (κ1) is 21.4.